The third-order valence-electron chi connectivity index (χ3n) is 6.77. The zero-order valence-electron chi connectivity index (χ0n) is 25.4. The number of carbonyl (C=O) groups is 2. The molecule has 3 aromatic rings. The minimum Gasteiger partial charge on any atom is -0.497 e. The van der Waals surface area contributed by atoms with E-state index in [-0.39, 0.29) is 28.8 Å². The molecule has 42 heavy (non-hydrogen) atoms. The number of hydrogen-bond acceptors (Lipinski definition) is 6. The Labute approximate surface area is 249 Å². The second-order valence-electron chi connectivity index (χ2n) is 11.0. The zero-order valence-corrected chi connectivity index (χ0v) is 26.2. The average Bonchev–Trinajstić information content (AvgIpc) is 2.95. The fourth-order valence-electron chi connectivity index (χ4n) is 4.57. The third-order valence-corrected chi connectivity index (χ3v) is 8.54. The number of carbonyl (C=O) groups excluding carboxylic acids is 2. The lowest BCUT2D eigenvalue weighted by atomic mass is 10.0. The van der Waals surface area contributed by atoms with Crippen LogP contribution in [-0.2, 0) is 26.2 Å². The van der Waals surface area contributed by atoms with Gasteiger partial charge in [0.05, 0.1) is 24.8 Å². The van der Waals surface area contributed by atoms with Crippen LogP contribution in [0, 0.1) is 6.92 Å². The van der Waals surface area contributed by atoms with E-state index in [0.717, 1.165) is 15.4 Å². The molecule has 3 rings (SSSR count). The van der Waals surface area contributed by atoms with Crippen molar-refractivity contribution in [3.8, 4) is 11.5 Å². The van der Waals surface area contributed by atoms with E-state index in [1.807, 2.05) is 58.9 Å². The monoisotopic (exact) mass is 595 g/mol. The molecule has 0 radical (unpaired) electrons. The number of aryl methyl sites for hydroxylation is 1. The van der Waals surface area contributed by atoms with Crippen molar-refractivity contribution >= 4 is 27.5 Å². The third kappa shape index (κ3) is 7.82. The number of methoxy groups -OCH3 is 2. The number of nitrogens with one attached hydrogen (secondary N) is 1. The Bertz CT molecular complexity index is 1480. The highest BCUT2D eigenvalue weighted by Crippen LogP contribution is 2.33. The summed E-state index contributed by atoms with van der Waals surface area (Å²) in [7, 11) is -1.32. The van der Waals surface area contributed by atoms with Crippen molar-refractivity contribution in [3.63, 3.8) is 0 Å². The molecule has 226 valence electrons. The van der Waals surface area contributed by atoms with Gasteiger partial charge in [0, 0.05) is 12.1 Å². The van der Waals surface area contributed by atoms with Crippen LogP contribution in [0.25, 0.3) is 0 Å². The Morgan fingerprint density at radius 3 is 2.10 bits per heavy atom. The van der Waals surface area contributed by atoms with E-state index in [4.69, 9.17) is 9.47 Å². The minimum absolute atomic E-state index is 0.0232. The Morgan fingerprint density at radius 1 is 0.905 bits per heavy atom. The summed E-state index contributed by atoms with van der Waals surface area (Å²) in [6, 6.07) is 19.3. The predicted octanol–water partition coefficient (Wildman–Crippen LogP) is 4.93. The van der Waals surface area contributed by atoms with Gasteiger partial charge in [0.25, 0.3) is 10.0 Å². The SMILES string of the molecule is CCC(C(=O)NC(C)(C)C)N(Cc1ccccc1C)C(=O)CN(c1ccccc1OC)S(=O)(=O)c1ccc(OC)cc1. The Hall–Kier alpha value is -4.05. The highest BCUT2D eigenvalue weighted by atomic mass is 32.2. The molecule has 0 aliphatic rings. The van der Waals surface area contributed by atoms with Gasteiger partial charge in [-0.25, -0.2) is 8.42 Å². The van der Waals surface area contributed by atoms with Gasteiger partial charge in [-0.1, -0.05) is 43.3 Å². The molecular formula is C32H41N3O6S. The van der Waals surface area contributed by atoms with Crippen LogP contribution in [0.1, 0.15) is 45.2 Å². The maximum atomic E-state index is 14.3. The van der Waals surface area contributed by atoms with Crippen LogP contribution in [0.2, 0.25) is 0 Å². The van der Waals surface area contributed by atoms with E-state index in [1.165, 1.54) is 31.3 Å². The lowest BCUT2D eigenvalue weighted by Gasteiger charge is -2.35. The fraction of sp³-hybridized carbons (Fsp3) is 0.375. The molecule has 2 amide bonds. The molecule has 1 N–H and O–H groups in total. The normalized spacial score (nSPS) is 12.3. The molecule has 0 fully saturated rings. The first-order valence-corrected chi connectivity index (χ1v) is 15.2. The van der Waals surface area contributed by atoms with Crippen molar-refractivity contribution in [2.24, 2.45) is 0 Å². The van der Waals surface area contributed by atoms with Gasteiger partial charge >= 0.3 is 0 Å². The number of para-hydroxylation sites is 2. The smallest absolute Gasteiger partial charge is 0.264 e. The van der Waals surface area contributed by atoms with E-state index >= 15 is 0 Å². The van der Waals surface area contributed by atoms with E-state index in [0.29, 0.717) is 12.2 Å². The second-order valence-corrected chi connectivity index (χ2v) is 12.8. The number of rotatable bonds is 12. The van der Waals surface area contributed by atoms with Gasteiger partial charge in [0.1, 0.15) is 24.1 Å². The molecule has 0 bridgehead atoms. The van der Waals surface area contributed by atoms with Gasteiger partial charge < -0.3 is 19.7 Å². The van der Waals surface area contributed by atoms with E-state index in [9.17, 15) is 18.0 Å². The summed E-state index contributed by atoms with van der Waals surface area (Å²) < 4.78 is 39.9. The highest BCUT2D eigenvalue weighted by Gasteiger charge is 2.35. The summed E-state index contributed by atoms with van der Waals surface area (Å²) >= 11 is 0. The van der Waals surface area contributed by atoms with E-state index in [2.05, 4.69) is 5.32 Å². The first-order chi connectivity index (χ1) is 19.8. The first-order valence-electron chi connectivity index (χ1n) is 13.8. The van der Waals surface area contributed by atoms with Crippen LogP contribution in [0.15, 0.2) is 77.7 Å². The molecule has 0 spiro atoms. The quantitative estimate of drug-likeness (QED) is 0.318. The molecule has 1 atom stereocenters. The van der Waals surface area contributed by atoms with Crippen LogP contribution in [-0.4, -0.2) is 57.5 Å². The Morgan fingerprint density at radius 2 is 1.52 bits per heavy atom. The Kier molecular flexibility index (Phi) is 10.6. The second kappa shape index (κ2) is 13.7. The molecule has 0 aliphatic heterocycles. The molecule has 0 saturated heterocycles. The van der Waals surface area contributed by atoms with Crippen molar-refractivity contribution in [2.75, 3.05) is 25.1 Å². The summed E-state index contributed by atoms with van der Waals surface area (Å²) in [6.07, 6.45) is 0.333. The number of anilines is 1. The van der Waals surface area contributed by atoms with E-state index in [1.54, 1.807) is 36.4 Å². The van der Waals surface area contributed by atoms with Gasteiger partial charge in [0.2, 0.25) is 11.8 Å². The van der Waals surface area contributed by atoms with Crippen molar-refractivity contribution in [3.05, 3.63) is 83.9 Å². The number of hydrogen-bond donors (Lipinski definition) is 1. The standard InChI is InChI=1S/C32H41N3O6S/c1-8-27(31(37)33-32(3,4)5)34(21-24-14-10-9-13-23(24)2)30(36)22-35(28-15-11-12-16-29(28)41-7)42(38,39)26-19-17-25(40-6)18-20-26/h9-20,27H,8,21-22H2,1-7H3,(H,33,37). The molecular weight excluding hydrogens is 554 g/mol. The fourth-order valence-corrected chi connectivity index (χ4v) is 5.99. The summed E-state index contributed by atoms with van der Waals surface area (Å²) in [6.45, 7) is 8.95. The summed E-state index contributed by atoms with van der Waals surface area (Å²) in [5.74, 6) is -0.0646. The summed E-state index contributed by atoms with van der Waals surface area (Å²) in [5.41, 5.74) is 1.49. The number of nitrogens with zero attached hydrogens (tertiary/aromatic N) is 2. The van der Waals surface area contributed by atoms with Crippen LogP contribution >= 0.6 is 0 Å². The highest BCUT2D eigenvalue weighted by molar-refractivity contribution is 7.92. The van der Waals surface area contributed by atoms with E-state index < -0.39 is 34.1 Å². The number of ether oxygens (including phenoxy) is 2. The molecule has 0 aromatic heterocycles. The lowest BCUT2D eigenvalue weighted by Crippen LogP contribution is -2.55. The van der Waals surface area contributed by atoms with Gasteiger partial charge in [-0.3, -0.25) is 13.9 Å². The molecule has 1 unspecified atom stereocenters. The predicted molar refractivity (Wildman–Crippen MR) is 164 cm³/mol. The molecule has 10 heteroatoms. The van der Waals surface area contributed by atoms with Crippen molar-refractivity contribution in [1.29, 1.82) is 0 Å². The van der Waals surface area contributed by atoms with Gasteiger partial charge in [-0.2, -0.15) is 0 Å². The first kappa shape index (κ1) is 32.5. The summed E-state index contributed by atoms with van der Waals surface area (Å²) in [5, 5.41) is 2.98. The minimum atomic E-state index is -4.25. The van der Waals surface area contributed by atoms with Crippen molar-refractivity contribution in [1.82, 2.24) is 10.2 Å². The molecule has 0 saturated carbocycles. The molecule has 3 aromatic carbocycles. The molecule has 9 nitrogen and oxygen atoms in total. The van der Waals surface area contributed by atoms with Gasteiger partial charge in [0.15, 0.2) is 0 Å². The summed E-state index contributed by atoms with van der Waals surface area (Å²) in [4.78, 5) is 29.2. The van der Waals surface area contributed by atoms with Crippen LogP contribution in [0.3, 0.4) is 0 Å². The molecule has 0 heterocycles. The largest absolute Gasteiger partial charge is 0.497 e. The van der Waals surface area contributed by atoms with Crippen LogP contribution in [0.5, 0.6) is 11.5 Å². The number of benzene rings is 3. The number of sulfonamides is 1. The average molecular weight is 596 g/mol. The van der Waals surface area contributed by atoms with Gasteiger partial charge in [-0.05, 0) is 81.6 Å². The van der Waals surface area contributed by atoms with Crippen LogP contribution < -0.4 is 19.1 Å². The zero-order chi connectivity index (χ0) is 31.1. The van der Waals surface area contributed by atoms with Crippen LogP contribution in [0.4, 0.5) is 5.69 Å². The van der Waals surface area contributed by atoms with Crippen molar-refractivity contribution in [2.45, 2.75) is 64.1 Å². The molecule has 0 aliphatic carbocycles. The van der Waals surface area contributed by atoms with Gasteiger partial charge in [-0.15, -0.1) is 0 Å². The topological polar surface area (TPSA) is 105 Å². The lowest BCUT2D eigenvalue weighted by molar-refractivity contribution is -0.141. The number of amides is 2. The van der Waals surface area contributed by atoms with Crippen molar-refractivity contribution < 1.29 is 27.5 Å². The maximum Gasteiger partial charge on any atom is 0.264 e. The maximum absolute atomic E-state index is 14.3. The Balaban J connectivity index is 2.12.